The quantitative estimate of drug-likeness (QED) is 0.572. The van der Waals surface area contributed by atoms with Crippen LogP contribution in [0.1, 0.15) is 63.9 Å². The highest BCUT2D eigenvalue weighted by atomic mass is 32.1. The fourth-order valence-corrected chi connectivity index (χ4v) is 5.87. The van der Waals surface area contributed by atoms with Gasteiger partial charge in [0.05, 0.1) is 16.5 Å². The van der Waals surface area contributed by atoms with Crippen molar-refractivity contribution in [2.24, 2.45) is 11.7 Å². The Bertz CT molecular complexity index is 1230. The smallest absolute Gasteiger partial charge is 0.266 e. The number of aryl methyl sites for hydroxylation is 2. The molecule has 3 N–H and O–H groups in total. The van der Waals surface area contributed by atoms with E-state index < -0.39 is 0 Å². The number of primary amides is 1. The van der Waals surface area contributed by atoms with E-state index in [0.717, 1.165) is 70.8 Å². The third-order valence-corrected chi connectivity index (χ3v) is 7.89. The summed E-state index contributed by atoms with van der Waals surface area (Å²) in [6.07, 6.45) is 4.10. The van der Waals surface area contributed by atoms with Gasteiger partial charge in [-0.1, -0.05) is 18.2 Å². The molecule has 3 aromatic rings. The molecular formula is C25H29N5O2S. The number of para-hydroxylation sites is 1. The predicted octanol–water partition coefficient (Wildman–Crippen LogP) is 4.14. The van der Waals surface area contributed by atoms with Crippen LogP contribution in [0.5, 0.6) is 0 Å². The van der Waals surface area contributed by atoms with Crippen LogP contribution < -0.4 is 11.1 Å². The number of hydrogen-bond acceptors (Lipinski definition) is 6. The van der Waals surface area contributed by atoms with E-state index in [0.29, 0.717) is 23.9 Å². The van der Waals surface area contributed by atoms with Crippen molar-refractivity contribution in [2.75, 3.05) is 18.4 Å². The van der Waals surface area contributed by atoms with Crippen molar-refractivity contribution >= 4 is 39.1 Å². The lowest BCUT2D eigenvalue weighted by molar-refractivity contribution is -0.123. The first kappa shape index (κ1) is 22.0. The van der Waals surface area contributed by atoms with Crippen LogP contribution >= 0.6 is 11.3 Å². The lowest BCUT2D eigenvalue weighted by Gasteiger charge is -2.31. The van der Waals surface area contributed by atoms with E-state index in [1.54, 1.807) is 0 Å². The molecule has 2 aliphatic rings. The fourth-order valence-electron chi connectivity index (χ4n) is 4.73. The number of amides is 2. The normalized spacial score (nSPS) is 19.0. The summed E-state index contributed by atoms with van der Waals surface area (Å²) in [7, 11) is 0. The van der Waals surface area contributed by atoms with Gasteiger partial charge in [0.15, 0.2) is 0 Å². The molecule has 1 atom stereocenters. The van der Waals surface area contributed by atoms with Crippen molar-refractivity contribution in [3.8, 4) is 0 Å². The van der Waals surface area contributed by atoms with Crippen LogP contribution in [0.2, 0.25) is 0 Å². The van der Waals surface area contributed by atoms with Gasteiger partial charge in [-0.2, -0.15) is 0 Å². The first-order valence-corrected chi connectivity index (χ1v) is 12.4. The Morgan fingerprint density at radius 1 is 1.18 bits per heavy atom. The molecule has 1 saturated carbocycles. The number of thiophene rings is 1. The summed E-state index contributed by atoms with van der Waals surface area (Å²) < 4.78 is 0. The van der Waals surface area contributed by atoms with Gasteiger partial charge in [-0.15, -0.1) is 11.3 Å². The monoisotopic (exact) mass is 463 g/mol. The van der Waals surface area contributed by atoms with E-state index in [1.807, 2.05) is 38.1 Å². The third kappa shape index (κ3) is 4.50. The van der Waals surface area contributed by atoms with Gasteiger partial charge < -0.3 is 11.1 Å². The summed E-state index contributed by atoms with van der Waals surface area (Å²) in [5, 5.41) is 4.12. The number of benzene rings is 1. The van der Waals surface area contributed by atoms with Gasteiger partial charge in [-0.05, 0) is 63.3 Å². The number of nitrogens with two attached hydrogens (primary N) is 1. The molecule has 7 nitrogen and oxygen atoms in total. The van der Waals surface area contributed by atoms with Crippen LogP contribution in [0.15, 0.2) is 24.3 Å². The van der Waals surface area contributed by atoms with Crippen LogP contribution in [-0.2, 0) is 11.3 Å². The predicted molar refractivity (Wildman–Crippen MR) is 130 cm³/mol. The zero-order valence-corrected chi connectivity index (χ0v) is 19.9. The van der Waals surface area contributed by atoms with Crippen LogP contribution in [0.3, 0.4) is 0 Å². The second-order valence-electron chi connectivity index (χ2n) is 9.27. The maximum absolute atomic E-state index is 13.3. The highest BCUT2D eigenvalue weighted by Gasteiger charge is 2.29. The Kier molecular flexibility index (Phi) is 5.88. The van der Waals surface area contributed by atoms with Gasteiger partial charge in [0.2, 0.25) is 5.91 Å². The van der Waals surface area contributed by atoms with E-state index in [2.05, 4.69) is 10.2 Å². The van der Waals surface area contributed by atoms with Crippen LogP contribution in [0, 0.1) is 19.8 Å². The molecule has 0 bridgehead atoms. The Hall–Kier alpha value is -2.84. The van der Waals surface area contributed by atoms with Crippen molar-refractivity contribution in [2.45, 2.75) is 52.0 Å². The summed E-state index contributed by atoms with van der Waals surface area (Å²) >= 11 is 1.44. The molecule has 1 aliphatic heterocycles. The number of carbonyl (C=O) groups is 2. The molecule has 8 heteroatoms. The van der Waals surface area contributed by atoms with Gasteiger partial charge in [-0.25, -0.2) is 9.97 Å². The molecule has 0 spiro atoms. The van der Waals surface area contributed by atoms with E-state index in [9.17, 15) is 9.59 Å². The van der Waals surface area contributed by atoms with Crippen LogP contribution in [0.4, 0.5) is 5.69 Å². The zero-order valence-electron chi connectivity index (χ0n) is 19.1. The highest BCUT2D eigenvalue weighted by Crippen LogP contribution is 2.40. The van der Waals surface area contributed by atoms with Crippen molar-refractivity contribution in [3.63, 3.8) is 0 Å². The molecule has 0 radical (unpaired) electrons. The Balaban J connectivity index is 1.37. The van der Waals surface area contributed by atoms with E-state index >= 15 is 0 Å². The Labute approximate surface area is 197 Å². The number of rotatable bonds is 6. The molecule has 1 saturated heterocycles. The summed E-state index contributed by atoms with van der Waals surface area (Å²) in [6.45, 7) is 6.23. The lowest BCUT2D eigenvalue weighted by Crippen LogP contribution is -2.40. The SMILES string of the molecule is Cc1nc(C2CC2)nc2sc(C(=O)Nc3ccccc3CN3CCC[C@H](C(N)=O)C3)c(C)c12. The molecule has 2 fully saturated rings. The Morgan fingerprint density at radius 2 is 1.97 bits per heavy atom. The molecule has 172 valence electrons. The number of fused-ring (bicyclic) bond motifs is 1. The molecular weight excluding hydrogens is 434 g/mol. The zero-order chi connectivity index (χ0) is 23.1. The maximum Gasteiger partial charge on any atom is 0.266 e. The topological polar surface area (TPSA) is 101 Å². The summed E-state index contributed by atoms with van der Waals surface area (Å²) in [4.78, 5) is 38.2. The second-order valence-corrected chi connectivity index (χ2v) is 10.3. The number of piperidine rings is 1. The molecule has 2 amide bonds. The lowest BCUT2D eigenvalue weighted by atomic mass is 9.97. The molecule has 2 aromatic heterocycles. The minimum absolute atomic E-state index is 0.105. The van der Waals surface area contributed by atoms with Crippen molar-refractivity contribution in [1.29, 1.82) is 0 Å². The van der Waals surface area contributed by atoms with E-state index in [-0.39, 0.29) is 17.7 Å². The van der Waals surface area contributed by atoms with Gasteiger partial charge in [-0.3, -0.25) is 14.5 Å². The van der Waals surface area contributed by atoms with Crippen molar-refractivity contribution < 1.29 is 9.59 Å². The minimum atomic E-state index is -0.232. The number of anilines is 1. The molecule has 1 aliphatic carbocycles. The van der Waals surface area contributed by atoms with Crippen molar-refractivity contribution in [1.82, 2.24) is 14.9 Å². The average Bonchev–Trinajstić information content (AvgIpc) is 3.58. The summed E-state index contributed by atoms with van der Waals surface area (Å²) in [6, 6.07) is 7.86. The number of likely N-dealkylation sites (tertiary alicyclic amines) is 1. The second kappa shape index (κ2) is 8.83. The average molecular weight is 464 g/mol. The summed E-state index contributed by atoms with van der Waals surface area (Å²) in [5.74, 6) is 0.929. The Morgan fingerprint density at radius 3 is 2.73 bits per heavy atom. The van der Waals surface area contributed by atoms with Crippen molar-refractivity contribution in [3.05, 3.63) is 51.8 Å². The molecule has 33 heavy (non-hydrogen) atoms. The van der Waals surface area contributed by atoms with E-state index in [1.165, 1.54) is 11.3 Å². The van der Waals surface area contributed by atoms with Gasteiger partial charge in [0.25, 0.3) is 5.91 Å². The van der Waals surface area contributed by atoms with Gasteiger partial charge in [0.1, 0.15) is 10.7 Å². The highest BCUT2D eigenvalue weighted by molar-refractivity contribution is 7.20. The fraction of sp³-hybridized carbons (Fsp3) is 0.440. The molecule has 1 aromatic carbocycles. The first-order chi connectivity index (χ1) is 15.9. The van der Waals surface area contributed by atoms with Crippen LogP contribution in [-0.4, -0.2) is 39.8 Å². The van der Waals surface area contributed by atoms with E-state index in [4.69, 9.17) is 15.7 Å². The maximum atomic E-state index is 13.3. The standard InChI is InChI=1S/C25H29N5O2S/c1-14-20-15(2)27-23(16-9-10-16)29-25(20)33-21(14)24(32)28-19-8-4-3-6-17(19)12-30-11-5-7-18(13-30)22(26)31/h3-4,6,8,16,18H,5,7,9-13H2,1-2H3,(H2,26,31)(H,28,32)/t18-/m0/s1. The third-order valence-electron chi connectivity index (χ3n) is 6.70. The van der Waals surface area contributed by atoms with Crippen LogP contribution in [0.25, 0.3) is 10.2 Å². The number of hydrogen-bond donors (Lipinski definition) is 2. The first-order valence-electron chi connectivity index (χ1n) is 11.6. The summed E-state index contributed by atoms with van der Waals surface area (Å²) in [5.41, 5.74) is 9.24. The molecule has 0 unspecified atom stereocenters. The number of nitrogens with one attached hydrogen (secondary N) is 1. The molecule has 5 rings (SSSR count). The van der Waals surface area contributed by atoms with Gasteiger partial charge in [0, 0.05) is 30.1 Å². The largest absolute Gasteiger partial charge is 0.369 e. The van der Waals surface area contributed by atoms with Gasteiger partial charge >= 0.3 is 0 Å². The number of carbonyl (C=O) groups excluding carboxylic acids is 2. The number of nitrogens with zero attached hydrogens (tertiary/aromatic N) is 3. The molecule has 3 heterocycles. The number of aromatic nitrogens is 2. The minimum Gasteiger partial charge on any atom is -0.369 e.